The Kier molecular flexibility index (Phi) is 6.70. The van der Waals surface area contributed by atoms with Gasteiger partial charge in [0.2, 0.25) is 0 Å². The lowest BCUT2D eigenvalue weighted by Gasteiger charge is -2.08. The fourth-order valence-corrected chi connectivity index (χ4v) is 1.70. The predicted molar refractivity (Wildman–Crippen MR) is 72.9 cm³/mol. The summed E-state index contributed by atoms with van der Waals surface area (Å²) in [5.74, 6) is -0.317. The van der Waals surface area contributed by atoms with Gasteiger partial charge in [0.25, 0.3) is 5.91 Å². The van der Waals surface area contributed by atoms with Gasteiger partial charge in [0.1, 0.15) is 5.75 Å². The smallest absolute Gasteiger partial charge is 0.255 e. The Labute approximate surface area is 115 Å². The number of benzene rings is 1. The van der Waals surface area contributed by atoms with Gasteiger partial charge in [-0.15, -0.1) is 0 Å². The van der Waals surface area contributed by atoms with Gasteiger partial charge in [-0.25, -0.2) is 0 Å². The van der Waals surface area contributed by atoms with Crippen LogP contribution in [-0.2, 0) is 4.74 Å². The van der Waals surface area contributed by atoms with Crippen LogP contribution >= 0.6 is 15.9 Å². The molecule has 1 aromatic rings. The minimum Gasteiger partial charge on any atom is -0.507 e. The second-order valence-corrected chi connectivity index (χ2v) is 4.58. The third kappa shape index (κ3) is 5.03. The van der Waals surface area contributed by atoms with Gasteiger partial charge in [0.05, 0.1) is 12.2 Å². The van der Waals surface area contributed by atoms with Crippen LogP contribution in [0.5, 0.6) is 5.75 Å². The molecular formula is C12H17BrN2O3. The molecule has 6 heteroatoms. The van der Waals surface area contributed by atoms with Crippen molar-refractivity contribution in [2.24, 2.45) is 0 Å². The second-order valence-electron chi connectivity index (χ2n) is 3.66. The number of amides is 1. The SMILES string of the molecule is COCCNCCNC(=O)c1ccc(Br)cc1O. The molecule has 0 aromatic heterocycles. The first-order valence-corrected chi connectivity index (χ1v) is 6.41. The minimum atomic E-state index is -0.284. The van der Waals surface area contributed by atoms with E-state index in [2.05, 4.69) is 26.6 Å². The van der Waals surface area contributed by atoms with Crippen LogP contribution in [0.1, 0.15) is 10.4 Å². The van der Waals surface area contributed by atoms with E-state index in [1.807, 2.05) is 0 Å². The van der Waals surface area contributed by atoms with E-state index in [0.717, 1.165) is 11.0 Å². The molecule has 0 fully saturated rings. The highest BCUT2D eigenvalue weighted by Gasteiger charge is 2.10. The van der Waals surface area contributed by atoms with Crippen molar-refractivity contribution >= 4 is 21.8 Å². The highest BCUT2D eigenvalue weighted by Crippen LogP contribution is 2.21. The Balaban J connectivity index is 2.32. The molecule has 0 bridgehead atoms. The molecule has 0 saturated carbocycles. The van der Waals surface area contributed by atoms with Crippen molar-refractivity contribution in [1.29, 1.82) is 0 Å². The molecule has 0 aliphatic carbocycles. The van der Waals surface area contributed by atoms with Crippen molar-refractivity contribution in [3.8, 4) is 5.75 Å². The van der Waals surface area contributed by atoms with Crippen molar-refractivity contribution in [1.82, 2.24) is 10.6 Å². The number of nitrogens with one attached hydrogen (secondary N) is 2. The Hall–Kier alpha value is -1.11. The van der Waals surface area contributed by atoms with Crippen LogP contribution in [0, 0.1) is 0 Å². The number of hydrogen-bond donors (Lipinski definition) is 3. The molecular weight excluding hydrogens is 300 g/mol. The van der Waals surface area contributed by atoms with E-state index in [9.17, 15) is 9.90 Å². The quantitative estimate of drug-likeness (QED) is 0.659. The molecule has 1 aromatic carbocycles. The van der Waals surface area contributed by atoms with E-state index in [4.69, 9.17) is 4.74 Å². The van der Waals surface area contributed by atoms with Crippen LogP contribution in [-0.4, -0.2) is 44.4 Å². The van der Waals surface area contributed by atoms with Gasteiger partial charge in [-0.1, -0.05) is 15.9 Å². The number of phenols is 1. The van der Waals surface area contributed by atoms with Crippen LogP contribution in [0.2, 0.25) is 0 Å². The van der Waals surface area contributed by atoms with E-state index < -0.39 is 0 Å². The van der Waals surface area contributed by atoms with Gasteiger partial charge in [-0.3, -0.25) is 4.79 Å². The number of carbonyl (C=O) groups excluding carboxylic acids is 1. The van der Waals surface area contributed by atoms with Gasteiger partial charge < -0.3 is 20.5 Å². The van der Waals surface area contributed by atoms with E-state index >= 15 is 0 Å². The Morgan fingerprint density at radius 1 is 1.39 bits per heavy atom. The first kappa shape index (κ1) is 14.9. The highest BCUT2D eigenvalue weighted by atomic mass is 79.9. The van der Waals surface area contributed by atoms with Gasteiger partial charge >= 0.3 is 0 Å². The van der Waals surface area contributed by atoms with Crippen LogP contribution in [0.25, 0.3) is 0 Å². The number of ether oxygens (including phenoxy) is 1. The molecule has 18 heavy (non-hydrogen) atoms. The lowest BCUT2D eigenvalue weighted by molar-refractivity contribution is 0.0951. The van der Waals surface area contributed by atoms with Crippen LogP contribution < -0.4 is 10.6 Å². The molecule has 0 saturated heterocycles. The zero-order chi connectivity index (χ0) is 13.4. The standard InChI is InChI=1S/C12H17BrN2O3/c1-18-7-6-14-4-5-15-12(17)10-3-2-9(13)8-11(10)16/h2-3,8,14,16H,4-7H2,1H3,(H,15,17). The Bertz CT molecular complexity index is 399. The van der Waals surface area contributed by atoms with E-state index in [-0.39, 0.29) is 17.2 Å². The van der Waals surface area contributed by atoms with Crippen molar-refractivity contribution in [2.75, 3.05) is 33.4 Å². The zero-order valence-electron chi connectivity index (χ0n) is 10.2. The predicted octanol–water partition coefficient (Wildman–Crippen LogP) is 1.12. The van der Waals surface area contributed by atoms with Crippen molar-refractivity contribution < 1.29 is 14.6 Å². The summed E-state index contributed by atoms with van der Waals surface area (Å²) in [7, 11) is 1.64. The fourth-order valence-electron chi connectivity index (χ4n) is 1.36. The molecule has 3 N–H and O–H groups in total. The summed E-state index contributed by atoms with van der Waals surface area (Å²) in [6, 6.07) is 4.78. The van der Waals surface area contributed by atoms with Crippen LogP contribution in [0.3, 0.4) is 0 Å². The normalized spacial score (nSPS) is 10.3. The second kappa shape index (κ2) is 8.07. The highest BCUT2D eigenvalue weighted by molar-refractivity contribution is 9.10. The molecule has 0 heterocycles. The molecule has 0 atom stereocenters. The summed E-state index contributed by atoms with van der Waals surface area (Å²) in [6.07, 6.45) is 0. The topological polar surface area (TPSA) is 70.6 Å². The molecule has 1 amide bonds. The van der Waals surface area contributed by atoms with Gasteiger partial charge in [-0.2, -0.15) is 0 Å². The maximum atomic E-state index is 11.7. The molecule has 0 aliphatic rings. The number of carbonyl (C=O) groups is 1. The van der Waals surface area contributed by atoms with E-state index in [1.165, 1.54) is 6.07 Å². The number of aromatic hydroxyl groups is 1. The molecule has 5 nitrogen and oxygen atoms in total. The molecule has 0 aliphatic heterocycles. The summed E-state index contributed by atoms with van der Waals surface area (Å²) in [4.78, 5) is 11.7. The van der Waals surface area contributed by atoms with E-state index in [0.29, 0.717) is 19.7 Å². The Morgan fingerprint density at radius 3 is 2.83 bits per heavy atom. The summed E-state index contributed by atoms with van der Waals surface area (Å²) < 4.78 is 5.61. The van der Waals surface area contributed by atoms with Gasteiger partial charge in [-0.05, 0) is 18.2 Å². The average molecular weight is 317 g/mol. The first-order valence-electron chi connectivity index (χ1n) is 5.61. The number of rotatable bonds is 7. The zero-order valence-corrected chi connectivity index (χ0v) is 11.8. The third-order valence-electron chi connectivity index (χ3n) is 2.27. The number of methoxy groups -OCH3 is 1. The van der Waals surface area contributed by atoms with Crippen LogP contribution in [0.15, 0.2) is 22.7 Å². The number of phenolic OH excluding ortho intramolecular Hbond substituents is 1. The lowest BCUT2D eigenvalue weighted by atomic mass is 10.2. The maximum absolute atomic E-state index is 11.7. The largest absolute Gasteiger partial charge is 0.507 e. The molecule has 100 valence electrons. The number of hydrogen-bond acceptors (Lipinski definition) is 4. The summed E-state index contributed by atoms with van der Waals surface area (Å²) in [6.45, 7) is 2.54. The van der Waals surface area contributed by atoms with Crippen LogP contribution in [0.4, 0.5) is 0 Å². The Morgan fingerprint density at radius 2 is 2.17 bits per heavy atom. The first-order chi connectivity index (χ1) is 8.65. The molecule has 1 rings (SSSR count). The lowest BCUT2D eigenvalue weighted by Crippen LogP contribution is -2.33. The number of halogens is 1. The van der Waals surface area contributed by atoms with Crippen molar-refractivity contribution in [3.63, 3.8) is 0 Å². The maximum Gasteiger partial charge on any atom is 0.255 e. The van der Waals surface area contributed by atoms with Gasteiger partial charge in [0, 0.05) is 31.2 Å². The van der Waals surface area contributed by atoms with Crippen molar-refractivity contribution in [2.45, 2.75) is 0 Å². The fraction of sp³-hybridized carbons (Fsp3) is 0.417. The van der Waals surface area contributed by atoms with Gasteiger partial charge in [0.15, 0.2) is 0 Å². The minimum absolute atomic E-state index is 0.0331. The van der Waals surface area contributed by atoms with E-state index in [1.54, 1.807) is 19.2 Å². The third-order valence-corrected chi connectivity index (χ3v) is 2.77. The monoisotopic (exact) mass is 316 g/mol. The summed E-state index contributed by atoms with van der Waals surface area (Å²) >= 11 is 3.22. The average Bonchev–Trinajstić information content (AvgIpc) is 2.33. The van der Waals surface area contributed by atoms with Crippen molar-refractivity contribution in [3.05, 3.63) is 28.2 Å². The molecule has 0 spiro atoms. The molecule has 0 unspecified atom stereocenters. The molecule has 0 radical (unpaired) electrons. The summed E-state index contributed by atoms with van der Waals surface area (Å²) in [5.41, 5.74) is 0.273. The summed E-state index contributed by atoms with van der Waals surface area (Å²) in [5, 5.41) is 15.4.